The highest BCUT2D eigenvalue weighted by Crippen LogP contribution is 2.43. The normalized spacial score (nSPS) is 12.1. The van der Waals surface area contributed by atoms with Gasteiger partial charge >= 0.3 is 0 Å². The molecular weight excluding hydrogens is 426 g/mol. The van der Waals surface area contributed by atoms with Gasteiger partial charge in [0.25, 0.3) is 0 Å². The summed E-state index contributed by atoms with van der Waals surface area (Å²) >= 11 is 13.1. The molecule has 2 aromatic rings. The highest BCUT2D eigenvalue weighted by Gasteiger charge is 2.20. The predicted molar refractivity (Wildman–Crippen MR) is 89.0 cm³/mol. The third-order valence-corrected chi connectivity index (χ3v) is 4.87. The lowest BCUT2D eigenvalue weighted by Gasteiger charge is -2.17. The first-order chi connectivity index (χ1) is 9.99. The highest BCUT2D eigenvalue weighted by molar-refractivity contribution is 9.11. The number of hydrogen-bond donors (Lipinski definition) is 0. The molecule has 0 fully saturated rings. The van der Waals surface area contributed by atoms with Gasteiger partial charge in [-0.3, -0.25) is 0 Å². The molecule has 0 aromatic heterocycles. The molecule has 6 heteroatoms. The fourth-order valence-corrected chi connectivity index (χ4v) is 3.36. The van der Waals surface area contributed by atoms with Crippen molar-refractivity contribution in [3.63, 3.8) is 0 Å². The fraction of sp³-hybridized carbons (Fsp3) is 0.200. The van der Waals surface area contributed by atoms with Gasteiger partial charge in [0.1, 0.15) is 21.8 Å². The van der Waals surface area contributed by atoms with Crippen LogP contribution in [0.1, 0.15) is 16.5 Å². The summed E-state index contributed by atoms with van der Waals surface area (Å²) in [5, 5.41) is -0.473. The van der Waals surface area contributed by atoms with Crippen molar-refractivity contribution < 1.29 is 13.9 Å². The lowest BCUT2D eigenvalue weighted by atomic mass is 10.0. The van der Waals surface area contributed by atoms with Crippen molar-refractivity contribution in [3.8, 4) is 11.5 Å². The second-order valence-corrected chi connectivity index (χ2v) is 6.32. The van der Waals surface area contributed by atoms with Gasteiger partial charge in [0.15, 0.2) is 0 Å². The van der Waals surface area contributed by atoms with Gasteiger partial charge in [-0.1, -0.05) is 6.07 Å². The Morgan fingerprint density at radius 2 is 1.81 bits per heavy atom. The molecule has 0 saturated carbocycles. The molecule has 0 heterocycles. The van der Waals surface area contributed by atoms with Gasteiger partial charge in [-0.25, -0.2) is 4.39 Å². The van der Waals surface area contributed by atoms with E-state index in [0.717, 1.165) is 11.1 Å². The number of methoxy groups -OCH3 is 2. The predicted octanol–water partition coefficient (Wildman–Crippen LogP) is 5.70. The van der Waals surface area contributed by atoms with Crippen LogP contribution in [0.3, 0.4) is 0 Å². The van der Waals surface area contributed by atoms with Crippen LogP contribution in [-0.2, 0) is 0 Å². The van der Waals surface area contributed by atoms with Crippen LogP contribution in [0.25, 0.3) is 0 Å². The van der Waals surface area contributed by atoms with E-state index in [0.29, 0.717) is 20.4 Å². The Balaban J connectivity index is 2.50. The van der Waals surface area contributed by atoms with Crippen LogP contribution >= 0.6 is 43.5 Å². The van der Waals surface area contributed by atoms with E-state index in [-0.39, 0.29) is 5.82 Å². The Morgan fingerprint density at radius 3 is 2.38 bits per heavy atom. The smallest absolute Gasteiger partial charge is 0.141 e. The molecule has 21 heavy (non-hydrogen) atoms. The van der Waals surface area contributed by atoms with E-state index in [9.17, 15) is 4.39 Å². The molecule has 2 nitrogen and oxygen atoms in total. The first kappa shape index (κ1) is 16.6. The quantitative estimate of drug-likeness (QED) is 0.571. The van der Waals surface area contributed by atoms with Crippen molar-refractivity contribution in [2.45, 2.75) is 5.38 Å². The van der Waals surface area contributed by atoms with Crippen LogP contribution in [-0.4, -0.2) is 14.2 Å². The van der Waals surface area contributed by atoms with Crippen molar-refractivity contribution in [1.82, 2.24) is 0 Å². The second kappa shape index (κ2) is 6.99. The summed E-state index contributed by atoms with van der Waals surface area (Å²) in [4.78, 5) is 0. The van der Waals surface area contributed by atoms with Crippen molar-refractivity contribution >= 4 is 43.5 Å². The first-order valence-electron chi connectivity index (χ1n) is 5.99. The number of ether oxygens (including phenoxy) is 2. The fourth-order valence-electron chi connectivity index (χ4n) is 1.97. The Kier molecular flexibility index (Phi) is 5.52. The van der Waals surface area contributed by atoms with E-state index >= 15 is 0 Å². The Hall–Kier alpha value is -0.780. The van der Waals surface area contributed by atoms with Crippen LogP contribution in [0.15, 0.2) is 39.3 Å². The van der Waals surface area contributed by atoms with Gasteiger partial charge in [0.2, 0.25) is 0 Å². The van der Waals surface area contributed by atoms with Gasteiger partial charge < -0.3 is 9.47 Å². The maximum atomic E-state index is 13.3. The average Bonchev–Trinajstić information content (AvgIpc) is 2.49. The van der Waals surface area contributed by atoms with Crippen LogP contribution in [0.4, 0.5) is 4.39 Å². The highest BCUT2D eigenvalue weighted by atomic mass is 79.9. The summed E-state index contributed by atoms with van der Waals surface area (Å²) in [5.74, 6) is 0.917. The Bertz CT molecular complexity index is 664. The minimum atomic E-state index is -0.473. The minimum Gasteiger partial charge on any atom is -0.495 e. The third-order valence-electron chi connectivity index (χ3n) is 3.03. The molecule has 1 unspecified atom stereocenters. The summed E-state index contributed by atoms with van der Waals surface area (Å²) in [6.07, 6.45) is 0. The molecule has 2 aromatic carbocycles. The van der Waals surface area contributed by atoms with Crippen molar-refractivity contribution in [1.29, 1.82) is 0 Å². The monoisotopic (exact) mass is 436 g/mol. The van der Waals surface area contributed by atoms with Gasteiger partial charge in [0, 0.05) is 5.56 Å². The lowest BCUT2D eigenvalue weighted by Crippen LogP contribution is -2.00. The number of hydrogen-bond acceptors (Lipinski definition) is 2. The maximum Gasteiger partial charge on any atom is 0.141 e. The van der Waals surface area contributed by atoms with Crippen molar-refractivity contribution in [2.75, 3.05) is 14.2 Å². The van der Waals surface area contributed by atoms with Gasteiger partial charge in [-0.05, 0) is 61.7 Å². The van der Waals surface area contributed by atoms with Crippen LogP contribution in [0.5, 0.6) is 11.5 Å². The Labute approximate surface area is 144 Å². The average molecular weight is 439 g/mol. The van der Waals surface area contributed by atoms with E-state index in [1.165, 1.54) is 6.07 Å². The largest absolute Gasteiger partial charge is 0.495 e. The summed E-state index contributed by atoms with van der Waals surface area (Å²) in [6.45, 7) is 0. The molecule has 0 bridgehead atoms. The molecule has 2 rings (SSSR count). The molecule has 0 aliphatic heterocycles. The second-order valence-electron chi connectivity index (χ2n) is 4.24. The molecule has 0 N–H and O–H groups in total. The molecule has 0 aliphatic carbocycles. The summed E-state index contributed by atoms with van der Waals surface area (Å²) in [7, 11) is 3.14. The molecule has 0 radical (unpaired) electrons. The number of rotatable bonds is 4. The minimum absolute atomic E-state index is 0.328. The molecule has 0 spiro atoms. The number of halogens is 4. The van der Waals surface area contributed by atoms with Crippen molar-refractivity contribution in [2.24, 2.45) is 0 Å². The van der Waals surface area contributed by atoms with E-state index < -0.39 is 5.38 Å². The standard InChI is InChI=1S/C15H12Br2ClFO2/c1-20-12-6-4-9(15(21-2)13(12)17)14(18)8-3-5-11(19)10(16)7-8/h3-7,14H,1-2H3. The Morgan fingerprint density at radius 1 is 1.10 bits per heavy atom. The molecule has 1 atom stereocenters. The molecule has 0 amide bonds. The summed E-state index contributed by atoms with van der Waals surface area (Å²) < 4.78 is 25.1. The van der Waals surface area contributed by atoms with E-state index in [1.807, 2.05) is 6.07 Å². The van der Waals surface area contributed by atoms with E-state index in [4.69, 9.17) is 21.1 Å². The van der Waals surface area contributed by atoms with E-state index in [2.05, 4.69) is 31.9 Å². The first-order valence-corrected chi connectivity index (χ1v) is 8.01. The molecule has 0 aliphatic rings. The molecular formula is C15H12Br2ClFO2. The lowest BCUT2D eigenvalue weighted by molar-refractivity contribution is 0.386. The molecule has 0 saturated heterocycles. The maximum absolute atomic E-state index is 13.3. The van der Waals surface area contributed by atoms with Crippen LogP contribution < -0.4 is 9.47 Å². The zero-order valence-electron chi connectivity index (χ0n) is 11.3. The van der Waals surface area contributed by atoms with E-state index in [1.54, 1.807) is 32.4 Å². The van der Waals surface area contributed by atoms with Gasteiger partial charge in [-0.2, -0.15) is 0 Å². The van der Waals surface area contributed by atoms with Crippen LogP contribution in [0.2, 0.25) is 0 Å². The molecule has 112 valence electrons. The van der Waals surface area contributed by atoms with Gasteiger partial charge in [0.05, 0.1) is 24.1 Å². The topological polar surface area (TPSA) is 18.5 Å². The van der Waals surface area contributed by atoms with Crippen LogP contribution in [0, 0.1) is 5.82 Å². The van der Waals surface area contributed by atoms with Crippen molar-refractivity contribution in [3.05, 3.63) is 56.2 Å². The number of alkyl halides is 1. The zero-order chi connectivity index (χ0) is 15.6. The zero-order valence-corrected chi connectivity index (χ0v) is 15.2. The number of benzene rings is 2. The third kappa shape index (κ3) is 3.35. The SMILES string of the molecule is COc1ccc(C(Cl)c2ccc(F)c(Br)c2)c(OC)c1Br. The summed E-state index contributed by atoms with van der Waals surface area (Å²) in [6, 6.07) is 8.31. The van der Waals surface area contributed by atoms with Gasteiger partial charge in [-0.15, -0.1) is 11.6 Å². The summed E-state index contributed by atoms with van der Waals surface area (Å²) in [5.41, 5.74) is 1.53.